The van der Waals surface area contributed by atoms with Crippen LogP contribution < -0.4 is 11.1 Å². The van der Waals surface area contributed by atoms with E-state index in [2.05, 4.69) is 30.1 Å². The molecule has 4 aromatic rings. The van der Waals surface area contributed by atoms with Crippen LogP contribution in [0.5, 0.6) is 0 Å². The number of thioether (sulfide) groups is 2. The number of carboxylic acid groups (broad SMARTS) is 1. The molecule has 256 valence electrons. The second kappa shape index (κ2) is 16.4. The Morgan fingerprint density at radius 3 is 1.57 bits per heavy atom. The molecule has 0 bridgehead atoms. The number of nitrogens with one attached hydrogen (secondary N) is 1. The zero-order chi connectivity index (χ0) is 35.7. The highest BCUT2D eigenvalue weighted by atomic mass is 32.2. The number of aromatic carboxylic acids is 1. The van der Waals surface area contributed by atoms with Gasteiger partial charge in [0.05, 0.1) is 32.0 Å². The normalized spacial score (nSPS) is 11.2. The molecule has 2 heterocycles. The van der Waals surface area contributed by atoms with Crippen LogP contribution in [-0.4, -0.2) is 48.9 Å². The van der Waals surface area contributed by atoms with Gasteiger partial charge in [0.1, 0.15) is 5.82 Å². The first kappa shape index (κ1) is 38.8. The van der Waals surface area contributed by atoms with Crippen molar-refractivity contribution < 1.29 is 58.7 Å². The topological polar surface area (TPSA) is 170 Å². The molecule has 11 nitrogen and oxygen atoms in total. The van der Waals surface area contributed by atoms with Crippen LogP contribution in [0.1, 0.15) is 57.5 Å². The smallest absolute Gasteiger partial charge is 0.417 e. The summed E-state index contributed by atoms with van der Waals surface area (Å²) in [5.41, 5.74) is 1.48. The van der Waals surface area contributed by atoms with E-state index in [1.54, 1.807) is 20.8 Å². The lowest BCUT2D eigenvalue weighted by Gasteiger charge is -2.14. The number of carboxylic acids is 1. The van der Waals surface area contributed by atoms with Gasteiger partial charge in [0.2, 0.25) is 11.8 Å². The highest BCUT2D eigenvalue weighted by Crippen LogP contribution is 2.40. The number of hydrogen-bond acceptors (Lipinski definition) is 11. The van der Waals surface area contributed by atoms with Gasteiger partial charge in [0.15, 0.2) is 5.82 Å². The zero-order valence-electron chi connectivity index (χ0n) is 24.5. The van der Waals surface area contributed by atoms with Crippen LogP contribution in [0.15, 0.2) is 42.9 Å². The van der Waals surface area contributed by atoms with Crippen LogP contribution in [0.25, 0.3) is 0 Å². The summed E-state index contributed by atoms with van der Waals surface area (Å²) in [6, 6.07) is 2.52. The molecule has 0 aliphatic heterocycles. The molecular weight excluding hydrogens is 692 g/mol. The summed E-state index contributed by atoms with van der Waals surface area (Å²) in [5.74, 6) is -4.03. The minimum Gasteiger partial charge on any atom is -0.478 e. The Bertz CT molecular complexity index is 1680. The number of rotatable bonds is 7. The molecule has 2 aromatic heterocycles. The standard InChI is InChI=1S/C13H11F4N3O2S.C10H8F4O2S.C3H5N3O/c1-3-23-10-8(13(15,16)17)5-4-7(9(10)14)11(21)18-12-20-19-6(2)22-12;1-2-17-8-6(10(12,13)14)4-3-5(7(8)11)9(15)16;1-2-5-6-3(4)7-2/h4-5H,3H2,1-2H3,(H,18,20,21);3-4H,2H2,1H3,(H,15,16);1H3,(H2,4,6). The lowest BCUT2D eigenvalue weighted by atomic mass is 10.1. The first-order chi connectivity index (χ1) is 21.8. The molecule has 1 amide bonds. The van der Waals surface area contributed by atoms with Crippen molar-refractivity contribution in [3.05, 3.63) is 69.9 Å². The van der Waals surface area contributed by atoms with E-state index in [0.717, 1.165) is 6.07 Å². The number of aryl methyl sites for hydroxylation is 2. The van der Waals surface area contributed by atoms with E-state index in [9.17, 15) is 44.7 Å². The van der Waals surface area contributed by atoms with E-state index in [0.29, 0.717) is 47.6 Å². The number of nitrogens with zero attached hydrogens (tertiary/aromatic N) is 4. The fourth-order valence-electron chi connectivity index (χ4n) is 3.29. The number of benzene rings is 2. The second-order valence-electron chi connectivity index (χ2n) is 8.51. The monoisotopic (exact) mass is 716 g/mol. The molecule has 2 aromatic carbocycles. The van der Waals surface area contributed by atoms with Crippen LogP contribution in [0.4, 0.5) is 47.2 Å². The van der Waals surface area contributed by atoms with Crippen molar-refractivity contribution in [1.29, 1.82) is 0 Å². The van der Waals surface area contributed by atoms with Gasteiger partial charge in [-0.25, -0.2) is 13.6 Å². The number of nitrogens with two attached hydrogens (primary N) is 1. The summed E-state index contributed by atoms with van der Waals surface area (Å²) >= 11 is 1.30. The third kappa shape index (κ3) is 10.8. The Hall–Kier alpha value is -4.40. The van der Waals surface area contributed by atoms with Crippen molar-refractivity contribution >= 4 is 47.4 Å². The van der Waals surface area contributed by atoms with Gasteiger partial charge in [0.25, 0.3) is 5.91 Å². The number of nitrogen functional groups attached to an aromatic ring is 1. The fraction of sp³-hybridized carbons (Fsp3) is 0.308. The summed E-state index contributed by atoms with van der Waals surface area (Å²) in [5, 5.41) is 24.6. The van der Waals surface area contributed by atoms with Crippen molar-refractivity contribution in [2.24, 2.45) is 0 Å². The highest BCUT2D eigenvalue weighted by molar-refractivity contribution is 7.99. The third-order valence-corrected chi connectivity index (χ3v) is 7.10. The molecule has 47 heavy (non-hydrogen) atoms. The SMILES string of the molecule is CCSc1c(C(F)(F)F)ccc(C(=O)Nc2nnc(C)o2)c1F.CCSc1c(C(F)(F)F)ccc(C(=O)O)c1F.Cc1nnc(N)o1. The average Bonchev–Trinajstić information content (AvgIpc) is 3.55. The maximum atomic E-state index is 14.4. The van der Waals surface area contributed by atoms with Gasteiger partial charge in [-0.1, -0.05) is 24.0 Å². The summed E-state index contributed by atoms with van der Waals surface area (Å²) in [7, 11) is 0. The number of hydrogen-bond donors (Lipinski definition) is 3. The van der Waals surface area contributed by atoms with Crippen LogP contribution in [0.3, 0.4) is 0 Å². The van der Waals surface area contributed by atoms with E-state index >= 15 is 0 Å². The fourth-order valence-corrected chi connectivity index (χ4v) is 5.02. The van der Waals surface area contributed by atoms with Gasteiger partial charge in [-0.3, -0.25) is 10.1 Å². The Labute approximate surface area is 268 Å². The van der Waals surface area contributed by atoms with Crippen molar-refractivity contribution in [3.8, 4) is 0 Å². The summed E-state index contributed by atoms with van der Waals surface area (Å²) in [4.78, 5) is 21.3. The molecule has 0 aliphatic rings. The number of anilines is 2. The molecule has 0 fully saturated rings. The quantitative estimate of drug-likeness (QED) is 0.127. The number of halogens is 8. The molecule has 0 saturated heterocycles. The molecule has 0 saturated carbocycles. The Morgan fingerprint density at radius 2 is 1.23 bits per heavy atom. The number of carbonyl (C=O) groups excluding carboxylic acids is 1. The molecule has 0 radical (unpaired) electrons. The van der Waals surface area contributed by atoms with Crippen molar-refractivity contribution in [2.45, 2.75) is 49.8 Å². The number of amides is 1. The molecule has 0 spiro atoms. The lowest BCUT2D eigenvalue weighted by Crippen LogP contribution is -2.17. The van der Waals surface area contributed by atoms with Gasteiger partial charge < -0.3 is 19.7 Å². The Kier molecular flexibility index (Phi) is 13.6. The highest BCUT2D eigenvalue weighted by Gasteiger charge is 2.37. The lowest BCUT2D eigenvalue weighted by molar-refractivity contribution is -0.140. The van der Waals surface area contributed by atoms with Crippen LogP contribution in [-0.2, 0) is 12.4 Å². The van der Waals surface area contributed by atoms with Gasteiger partial charge in [-0.2, -0.15) is 26.3 Å². The molecule has 21 heteroatoms. The van der Waals surface area contributed by atoms with Gasteiger partial charge in [0, 0.05) is 13.8 Å². The summed E-state index contributed by atoms with van der Waals surface area (Å²) in [6.07, 6.45) is -9.41. The molecule has 0 aliphatic carbocycles. The molecule has 4 N–H and O–H groups in total. The van der Waals surface area contributed by atoms with Gasteiger partial charge in [-0.05, 0) is 35.8 Å². The number of alkyl halides is 6. The molecule has 4 rings (SSSR count). The van der Waals surface area contributed by atoms with Crippen LogP contribution in [0, 0.1) is 25.5 Å². The van der Waals surface area contributed by atoms with E-state index in [1.807, 2.05) is 0 Å². The van der Waals surface area contributed by atoms with Crippen LogP contribution in [0.2, 0.25) is 0 Å². The number of carbonyl (C=O) groups is 2. The van der Waals surface area contributed by atoms with Gasteiger partial charge >= 0.3 is 30.4 Å². The molecule has 0 unspecified atom stereocenters. The Balaban J connectivity index is 0.000000279. The van der Waals surface area contributed by atoms with Crippen molar-refractivity contribution in [3.63, 3.8) is 0 Å². The zero-order valence-corrected chi connectivity index (χ0v) is 26.1. The van der Waals surface area contributed by atoms with Crippen LogP contribution >= 0.6 is 23.5 Å². The summed E-state index contributed by atoms with van der Waals surface area (Å²) in [6.45, 7) is 6.30. The van der Waals surface area contributed by atoms with Gasteiger partial charge in [-0.15, -0.1) is 33.7 Å². The summed E-state index contributed by atoms with van der Waals surface area (Å²) < 4.78 is 114. The van der Waals surface area contributed by atoms with Crippen molar-refractivity contribution in [1.82, 2.24) is 20.4 Å². The van der Waals surface area contributed by atoms with Crippen molar-refractivity contribution in [2.75, 3.05) is 22.6 Å². The largest absolute Gasteiger partial charge is 0.478 e. The third-order valence-electron chi connectivity index (χ3n) is 5.15. The Morgan fingerprint density at radius 1 is 0.787 bits per heavy atom. The molecular formula is C26H24F8N6O5S2. The molecule has 0 atom stereocenters. The average molecular weight is 717 g/mol. The minimum absolute atomic E-state index is 0.123. The minimum atomic E-state index is -4.71. The van der Waals surface area contributed by atoms with E-state index in [1.165, 1.54) is 6.92 Å². The maximum absolute atomic E-state index is 14.4. The predicted octanol–water partition coefficient (Wildman–Crippen LogP) is 7.52. The van der Waals surface area contributed by atoms with E-state index < -0.39 is 67.9 Å². The predicted molar refractivity (Wildman–Crippen MR) is 153 cm³/mol. The van der Waals surface area contributed by atoms with E-state index in [-0.39, 0.29) is 29.4 Å². The first-order valence-corrected chi connectivity index (χ1v) is 14.7. The first-order valence-electron chi connectivity index (χ1n) is 12.8. The second-order valence-corrected chi connectivity index (χ2v) is 11.1. The number of aromatic nitrogens is 4. The maximum Gasteiger partial charge on any atom is 0.417 e. The van der Waals surface area contributed by atoms with E-state index in [4.69, 9.17) is 15.3 Å².